The number of ether oxygens (including phenoxy) is 1. The topological polar surface area (TPSA) is 79.7 Å². The number of nitrogens with one attached hydrogen (secondary N) is 1. The number of hydrogen-bond donors (Lipinski definition) is 1. The van der Waals surface area contributed by atoms with E-state index in [1.165, 1.54) is 12.1 Å². The number of hydrogen-bond acceptors (Lipinski definition) is 4. The second-order valence-electron chi connectivity index (χ2n) is 9.08. The fourth-order valence-electron chi connectivity index (χ4n) is 5.51. The molecule has 1 N–H and O–H groups in total. The van der Waals surface area contributed by atoms with Crippen LogP contribution >= 0.6 is 11.6 Å². The Bertz CT molecular complexity index is 1080. The standard InChI is InChI=1S/C22H23ClFN5O3/c23-15-7-12(24)1-2-18(15)29-6-3-16(26-29)21-13-8-28(9-14(13)21)22(31)27-5-4-19-17(10-27)25-20(30)11-32-19/h1-3,6-7,13-14,17,19,21H,4-5,8-11H2,(H,25,30)/t13-,14+,17-,19+,21+/m1/s1. The van der Waals surface area contributed by atoms with Gasteiger partial charge in [0.2, 0.25) is 5.91 Å². The zero-order valence-electron chi connectivity index (χ0n) is 17.3. The van der Waals surface area contributed by atoms with Crippen molar-refractivity contribution in [3.05, 3.63) is 47.0 Å². The van der Waals surface area contributed by atoms with Crippen LogP contribution in [0.25, 0.3) is 5.69 Å². The minimum atomic E-state index is -0.379. The van der Waals surface area contributed by atoms with E-state index in [4.69, 9.17) is 16.3 Å². The van der Waals surface area contributed by atoms with Crippen molar-refractivity contribution in [1.29, 1.82) is 0 Å². The lowest BCUT2D eigenvalue weighted by atomic mass is 10.0. The van der Waals surface area contributed by atoms with Gasteiger partial charge in [0.1, 0.15) is 12.4 Å². The highest BCUT2D eigenvalue weighted by molar-refractivity contribution is 6.32. The molecular weight excluding hydrogens is 437 g/mol. The van der Waals surface area contributed by atoms with Crippen molar-refractivity contribution in [3.63, 3.8) is 0 Å². The average Bonchev–Trinajstić information content (AvgIpc) is 3.12. The second-order valence-corrected chi connectivity index (χ2v) is 9.49. The van der Waals surface area contributed by atoms with E-state index in [2.05, 4.69) is 10.4 Å². The average molecular weight is 460 g/mol. The Balaban J connectivity index is 1.08. The van der Waals surface area contributed by atoms with E-state index in [0.717, 1.165) is 12.1 Å². The highest BCUT2D eigenvalue weighted by Gasteiger charge is 2.58. The van der Waals surface area contributed by atoms with Crippen molar-refractivity contribution in [3.8, 4) is 5.69 Å². The largest absolute Gasteiger partial charge is 0.366 e. The van der Waals surface area contributed by atoms with Gasteiger partial charge in [-0.15, -0.1) is 0 Å². The summed E-state index contributed by atoms with van der Waals surface area (Å²) in [4.78, 5) is 28.4. The highest BCUT2D eigenvalue weighted by Crippen LogP contribution is 2.57. The quantitative estimate of drug-likeness (QED) is 0.745. The molecule has 5 atom stereocenters. The number of benzene rings is 1. The first-order chi connectivity index (χ1) is 15.5. The third-order valence-corrected chi connectivity index (χ3v) is 7.47. The normalized spacial score (nSPS) is 31.2. The maximum atomic E-state index is 13.3. The summed E-state index contributed by atoms with van der Waals surface area (Å²) in [6.07, 6.45) is 2.58. The molecule has 0 bridgehead atoms. The Morgan fingerprint density at radius 1 is 1.19 bits per heavy atom. The minimum Gasteiger partial charge on any atom is -0.366 e. The third-order valence-electron chi connectivity index (χ3n) is 7.17. The Labute approximate surface area is 189 Å². The molecule has 10 heteroatoms. The minimum absolute atomic E-state index is 0.00201. The summed E-state index contributed by atoms with van der Waals surface area (Å²) in [5, 5.41) is 7.93. The fraction of sp³-hybridized carbons (Fsp3) is 0.500. The van der Waals surface area contributed by atoms with Crippen LogP contribution < -0.4 is 5.32 Å². The lowest BCUT2D eigenvalue weighted by molar-refractivity contribution is -0.139. The van der Waals surface area contributed by atoms with Gasteiger partial charge in [-0.3, -0.25) is 4.79 Å². The number of halogens is 2. The van der Waals surface area contributed by atoms with Crippen LogP contribution in [-0.4, -0.2) is 76.5 Å². The van der Waals surface area contributed by atoms with Gasteiger partial charge in [0.15, 0.2) is 0 Å². The maximum Gasteiger partial charge on any atom is 0.320 e. The molecule has 1 saturated carbocycles. The van der Waals surface area contributed by atoms with Crippen LogP contribution in [0.15, 0.2) is 30.5 Å². The summed E-state index contributed by atoms with van der Waals surface area (Å²) >= 11 is 6.16. The fourth-order valence-corrected chi connectivity index (χ4v) is 5.77. The third kappa shape index (κ3) is 3.34. The number of nitrogens with zero attached hydrogens (tertiary/aromatic N) is 4. The van der Waals surface area contributed by atoms with E-state index in [0.29, 0.717) is 54.6 Å². The molecule has 2 aromatic rings. The predicted molar refractivity (Wildman–Crippen MR) is 113 cm³/mol. The van der Waals surface area contributed by atoms with Gasteiger partial charge in [-0.05, 0) is 42.5 Å². The molecule has 4 heterocycles. The second kappa shape index (κ2) is 7.45. The monoisotopic (exact) mass is 459 g/mol. The van der Waals surface area contributed by atoms with Crippen molar-refractivity contribution in [2.75, 3.05) is 32.8 Å². The first kappa shape index (κ1) is 20.0. The SMILES string of the molecule is O=C1CO[C@H]2CCN(C(=O)N3C[C@@H]4[C@H](C3)[C@H]4c3ccn(-c4ccc(F)cc4Cl)n3)C[C@H]2N1. The van der Waals surface area contributed by atoms with E-state index in [1.54, 1.807) is 10.7 Å². The number of piperidine rings is 2. The smallest absolute Gasteiger partial charge is 0.320 e. The van der Waals surface area contributed by atoms with E-state index >= 15 is 0 Å². The zero-order valence-corrected chi connectivity index (χ0v) is 18.0. The molecule has 0 spiro atoms. The van der Waals surface area contributed by atoms with Crippen LogP contribution in [0.4, 0.5) is 9.18 Å². The molecule has 3 saturated heterocycles. The molecule has 168 valence electrons. The van der Waals surface area contributed by atoms with E-state index in [1.807, 2.05) is 22.1 Å². The number of carbonyl (C=O) groups is 2. The molecule has 1 aromatic carbocycles. The number of amides is 3. The summed E-state index contributed by atoms with van der Waals surface area (Å²) in [7, 11) is 0. The lowest BCUT2D eigenvalue weighted by Gasteiger charge is -2.42. The van der Waals surface area contributed by atoms with Crippen LogP contribution in [0.3, 0.4) is 0 Å². The van der Waals surface area contributed by atoms with Crippen LogP contribution in [0.2, 0.25) is 5.02 Å². The van der Waals surface area contributed by atoms with E-state index in [-0.39, 0.29) is 36.5 Å². The van der Waals surface area contributed by atoms with Gasteiger partial charge in [-0.1, -0.05) is 11.6 Å². The molecule has 6 rings (SSSR count). The van der Waals surface area contributed by atoms with Crippen LogP contribution in [0.5, 0.6) is 0 Å². The Hall–Kier alpha value is -2.65. The van der Waals surface area contributed by atoms with Gasteiger partial charge in [-0.25, -0.2) is 13.9 Å². The number of fused-ring (bicyclic) bond motifs is 2. The molecule has 1 aromatic heterocycles. The molecule has 3 amide bonds. The van der Waals surface area contributed by atoms with Crippen molar-refractivity contribution in [2.45, 2.75) is 24.5 Å². The predicted octanol–water partition coefficient (Wildman–Crippen LogP) is 2.02. The van der Waals surface area contributed by atoms with Gasteiger partial charge < -0.3 is 19.9 Å². The van der Waals surface area contributed by atoms with Gasteiger partial charge >= 0.3 is 6.03 Å². The molecule has 4 aliphatic rings. The summed E-state index contributed by atoms with van der Waals surface area (Å²) in [6.45, 7) is 2.67. The lowest BCUT2D eigenvalue weighted by Crippen LogP contribution is -2.62. The number of aromatic nitrogens is 2. The molecule has 4 fully saturated rings. The number of likely N-dealkylation sites (tertiary alicyclic amines) is 2. The zero-order chi connectivity index (χ0) is 22.0. The Morgan fingerprint density at radius 3 is 2.78 bits per heavy atom. The van der Waals surface area contributed by atoms with Crippen LogP contribution in [0, 0.1) is 17.7 Å². The number of morpholine rings is 1. The molecular formula is C22H23ClFN5O3. The number of carbonyl (C=O) groups excluding carboxylic acids is 2. The van der Waals surface area contributed by atoms with Gasteiger partial charge in [0, 0.05) is 38.3 Å². The molecule has 0 unspecified atom stereocenters. The number of rotatable bonds is 2. The van der Waals surface area contributed by atoms with Gasteiger partial charge in [0.05, 0.1) is 28.5 Å². The number of urea groups is 1. The first-order valence-electron chi connectivity index (χ1n) is 10.9. The van der Waals surface area contributed by atoms with Gasteiger partial charge in [-0.2, -0.15) is 5.10 Å². The van der Waals surface area contributed by atoms with Crippen LogP contribution in [0.1, 0.15) is 18.0 Å². The highest BCUT2D eigenvalue weighted by atomic mass is 35.5. The maximum absolute atomic E-state index is 13.3. The van der Waals surface area contributed by atoms with Crippen molar-refractivity contribution in [1.82, 2.24) is 24.9 Å². The Kier molecular flexibility index (Phi) is 4.65. The summed E-state index contributed by atoms with van der Waals surface area (Å²) in [5.41, 5.74) is 1.62. The molecule has 1 aliphatic carbocycles. The van der Waals surface area contributed by atoms with Crippen molar-refractivity contribution in [2.24, 2.45) is 11.8 Å². The van der Waals surface area contributed by atoms with Gasteiger partial charge in [0.25, 0.3) is 0 Å². The molecule has 8 nitrogen and oxygen atoms in total. The van der Waals surface area contributed by atoms with Crippen molar-refractivity contribution >= 4 is 23.5 Å². The van der Waals surface area contributed by atoms with E-state index in [9.17, 15) is 14.0 Å². The summed E-state index contributed by atoms with van der Waals surface area (Å²) < 4.78 is 20.6. The summed E-state index contributed by atoms with van der Waals surface area (Å²) in [6, 6.07) is 6.16. The van der Waals surface area contributed by atoms with Crippen LogP contribution in [-0.2, 0) is 9.53 Å². The Morgan fingerprint density at radius 2 is 2.00 bits per heavy atom. The molecule has 3 aliphatic heterocycles. The molecule has 32 heavy (non-hydrogen) atoms. The van der Waals surface area contributed by atoms with E-state index < -0.39 is 0 Å². The van der Waals surface area contributed by atoms with Crippen molar-refractivity contribution < 1.29 is 18.7 Å². The first-order valence-corrected chi connectivity index (χ1v) is 11.3. The molecule has 0 radical (unpaired) electrons. The summed E-state index contributed by atoms with van der Waals surface area (Å²) in [5.74, 6) is 0.640.